The minimum atomic E-state index is 0.689. The van der Waals surface area contributed by atoms with Gasteiger partial charge in [-0.2, -0.15) is 0 Å². The predicted octanol–water partition coefficient (Wildman–Crippen LogP) is 4.84. The molecule has 0 atom stereocenters. The number of thiol groups is 2. The van der Waals surface area contributed by atoms with Crippen LogP contribution in [-0.2, 0) is 0 Å². The zero-order chi connectivity index (χ0) is 12.8. The highest BCUT2D eigenvalue weighted by molar-refractivity contribution is 14.1. The molecule has 0 aromatic carbocycles. The lowest BCUT2D eigenvalue weighted by atomic mass is 10.5. The smallest absolute Gasteiger partial charge is 0.214 e. The molecule has 0 aliphatic rings. The van der Waals surface area contributed by atoms with Crippen molar-refractivity contribution in [1.82, 2.24) is 4.98 Å². The Labute approximate surface area is 130 Å². The summed E-state index contributed by atoms with van der Waals surface area (Å²) in [6.07, 6.45) is 1.06. The van der Waals surface area contributed by atoms with Crippen LogP contribution in [0, 0.1) is 0 Å². The molecule has 0 saturated heterocycles. The van der Waals surface area contributed by atoms with Gasteiger partial charge >= 0.3 is 0 Å². The number of pyridine rings is 1. The molecular weight excluding hydrogens is 421 g/mol. The summed E-state index contributed by atoms with van der Waals surface area (Å²) in [6.45, 7) is 4.74. The molecule has 0 amide bonds. The highest BCUT2D eigenvalue weighted by atomic mass is 127. The van der Waals surface area contributed by atoms with E-state index in [1.807, 2.05) is 32.0 Å². The van der Waals surface area contributed by atoms with Gasteiger partial charge in [-0.15, -0.1) is 23.3 Å². The van der Waals surface area contributed by atoms with E-state index in [2.05, 4.69) is 66.8 Å². The molecule has 0 saturated carbocycles. The Hall–Kier alpha value is 0.860. The van der Waals surface area contributed by atoms with Crippen LogP contribution in [0.4, 0.5) is 0 Å². The molecule has 1 aromatic heterocycles. The molecule has 94 valence electrons. The number of hydrogen-bond acceptors (Lipinski definition) is 4. The summed E-state index contributed by atoms with van der Waals surface area (Å²) < 4.78 is 7.31. The van der Waals surface area contributed by atoms with E-state index in [0.717, 1.165) is 22.1 Å². The average molecular weight is 438 g/mol. The second-order valence-electron chi connectivity index (χ2n) is 2.19. The van der Waals surface area contributed by atoms with Crippen LogP contribution in [-0.4, -0.2) is 16.0 Å². The number of hydrogen-bond donors (Lipinski definition) is 2. The lowest BCUT2D eigenvalue weighted by Gasteiger charge is -2.02. The Balaban J connectivity index is 0. The largest absolute Gasteiger partial charge is 0.478 e. The third-order valence-corrected chi connectivity index (χ3v) is 2.42. The van der Waals surface area contributed by atoms with Gasteiger partial charge in [0, 0.05) is 10.5 Å². The molecular formula is C10H17BrINOS2. The molecule has 2 nitrogen and oxygen atoms in total. The molecule has 0 aliphatic heterocycles. The van der Waals surface area contributed by atoms with Crippen molar-refractivity contribution < 1.29 is 4.74 Å². The van der Waals surface area contributed by atoms with E-state index in [0.29, 0.717) is 5.88 Å². The molecule has 0 bridgehead atoms. The maximum atomic E-state index is 5.38. The van der Waals surface area contributed by atoms with E-state index in [4.69, 9.17) is 4.74 Å². The number of rotatable bonds is 4. The van der Waals surface area contributed by atoms with Gasteiger partial charge in [-0.05, 0) is 28.4 Å². The number of nitrogens with zero attached hydrogens (tertiary/aromatic N) is 1. The second kappa shape index (κ2) is 15.9. The van der Waals surface area contributed by atoms with E-state index in [-0.39, 0.29) is 0 Å². The summed E-state index contributed by atoms with van der Waals surface area (Å²) >= 11 is 12.1. The van der Waals surface area contributed by atoms with Gasteiger partial charge in [0.05, 0.1) is 6.61 Å². The first kappa shape index (κ1) is 19.2. The Bertz CT molecular complexity index is 254. The van der Waals surface area contributed by atoms with Crippen LogP contribution in [0.3, 0.4) is 0 Å². The van der Waals surface area contributed by atoms with Gasteiger partial charge < -0.3 is 4.74 Å². The minimum Gasteiger partial charge on any atom is -0.478 e. The molecule has 16 heavy (non-hydrogen) atoms. The van der Waals surface area contributed by atoms with E-state index in [9.17, 15) is 0 Å². The predicted molar refractivity (Wildman–Crippen MR) is 90.3 cm³/mol. The lowest BCUT2D eigenvalue weighted by molar-refractivity contribution is 0.307. The fourth-order valence-electron chi connectivity index (χ4n) is 0.701. The van der Waals surface area contributed by atoms with Gasteiger partial charge in [0.25, 0.3) is 0 Å². The molecule has 0 fully saturated rings. The van der Waals surface area contributed by atoms with E-state index in [1.54, 1.807) is 0 Å². The molecule has 0 radical (unpaired) electrons. The van der Waals surface area contributed by atoms with Crippen molar-refractivity contribution in [2.24, 2.45) is 0 Å². The van der Waals surface area contributed by atoms with Gasteiger partial charge in [0.1, 0.15) is 4.60 Å². The first-order chi connectivity index (χ1) is 7.83. The van der Waals surface area contributed by atoms with Crippen molar-refractivity contribution in [3.05, 3.63) is 22.8 Å². The summed E-state index contributed by atoms with van der Waals surface area (Å²) in [5, 5.41) is 0. The van der Waals surface area contributed by atoms with Crippen molar-refractivity contribution in [2.45, 2.75) is 20.3 Å². The zero-order valence-corrected chi connectivity index (χ0v) is 14.9. The second-order valence-corrected chi connectivity index (χ2v) is 4.08. The monoisotopic (exact) mass is 437 g/mol. The van der Waals surface area contributed by atoms with E-state index < -0.39 is 0 Å². The quantitative estimate of drug-likeness (QED) is 0.176. The van der Waals surface area contributed by atoms with Crippen molar-refractivity contribution in [3.63, 3.8) is 0 Å². The summed E-state index contributed by atoms with van der Waals surface area (Å²) in [5.41, 5.74) is 0. The summed E-state index contributed by atoms with van der Waals surface area (Å²) in [4.78, 5) is 4.14. The van der Waals surface area contributed by atoms with Crippen molar-refractivity contribution in [3.8, 4) is 5.88 Å². The normalized spacial score (nSPS) is 8.12. The molecule has 0 spiro atoms. The summed E-state index contributed by atoms with van der Waals surface area (Å²) in [7, 11) is 0. The average Bonchev–Trinajstić information content (AvgIpc) is 2.35. The van der Waals surface area contributed by atoms with Gasteiger partial charge in [-0.3, -0.25) is 0 Å². The first-order valence-electron chi connectivity index (χ1n) is 4.84. The van der Waals surface area contributed by atoms with Crippen molar-refractivity contribution >= 4 is 61.8 Å². The maximum Gasteiger partial charge on any atom is 0.214 e. The molecule has 1 aromatic rings. The van der Waals surface area contributed by atoms with E-state index in [1.165, 1.54) is 0 Å². The van der Waals surface area contributed by atoms with E-state index >= 15 is 0 Å². The highest BCUT2D eigenvalue weighted by Crippen LogP contribution is 2.12. The van der Waals surface area contributed by atoms with Gasteiger partial charge in [0.15, 0.2) is 0 Å². The van der Waals surface area contributed by atoms with Crippen LogP contribution < -0.4 is 4.74 Å². The molecule has 0 unspecified atom stereocenters. The van der Waals surface area contributed by atoms with Crippen LogP contribution >= 0.6 is 61.8 Å². The van der Waals surface area contributed by atoms with Crippen LogP contribution in [0.15, 0.2) is 22.8 Å². The Kier molecular flexibility index (Phi) is 19.0. The van der Waals surface area contributed by atoms with Crippen LogP contribution in [0.2, 0.25) is 0 Å². The number of ether oxygens (including phenoxy) is 1. The molecule has 6 heteroatoms. The number of alkyl halides is 1. The highest BCUT2D eigenvalue weighted by Gasteiger charge is 1.94. The first-order valence-corrected chi connectivity index (χ1v) is 8.76. The number of aromatic nitrogens is 1. The van der Waals surface area contributed by atoms with Gasteiger partial charge in [-0.25, -0.2) is 4.98 Å². The maximum absolute atomic E-state index is 5.38. The lowest BCUT2D eigenvalue weighted by Crippen LogP contribution is -1.99. The SMILES string of the molecule is Brc1cccc(OCCCI)n1.CC.SS. The van der Waals surface area contributed by atoms with Crippen molar-refractivity contribution in [1.29, 1.82) is 0 Å². The van der Waals surface area contributed by atoms with Gasteiger partial charge in [-0.1, -0.05) is 42.5 Å². The molecule has 0 aliphatic carbocycles. The zero-order valence-electron chi connectivity index (χ0n) is 9.36. The minimum absolute atomic E-state index is 0.689. The van der Waals surface area contributed by atoms with Crippen LogP contribution in [0.1, 0.15) is 20.3 Å². The summed E-state index contributed by atoms with van der Waals surface area (Å²) in [6, 6.07) is 5.65. The Morgan fingerprint density at radius 3 is 2.50 bits per heavy atom. The third-order valence-electron chi connectivity index (χ3n) is 1.22. The van der Waals surface area contributed by atoms with Crippen molar-refractivity contribution in [2.75, 3.05) is 11.0 Å². The Morgan fingerprint density at radius 2 is 2.00 bits per heavy atom. The molecule has 0 N–H and O–H groups in total. The van der Waals surface area contributed by atoms with Crippen LogP contribution in [0.25, 0.3) is 0 Å². The third kappa shape index (κ3) is 11.3. The molecule has 1 rings (SSSR count). The summed E-state index contributed by atoms with van der Waals surface area (Å²) in [5.74, 6) is 0.689. The standard InChI is InChI=1S/C8H9BrINO.C2H6.H2S2/c9-7-3-1-4-8(11-7)12-6-2-5-10;2*1-2/h1,3-4H,2,5-6H2;1-2H3;1-2H. The topological polar surface area (TPSA) is 22.1 Å². The number of halogens is 2. The van der Waals surface area contributed by atoms with Crippen LogP contribution in [0.5, 0.6) is 5.88 Å². The van der Waals surface area contributed by atoms with Gasteiger partial charge in [0.2, 0.25) is 5.88 Å². The molecule has 1 heterocycles. The fraction of sp³-hybridized carbons (Fsp3) is 0.500. The fourth-order valence-corrected chi connectivity index (χ4v) is 1.34. The Morgan fingerprint density at radius 1 is 1.38 bits per heavy atom.